The van der Waals surface area contributed by atoms with Crippen molar-refractivity contribution in [2.75, 3.05) is 7.11 Å². The zero-order chi connectivity index (χ0) is 14.7. The van der Waals surface area contributed by atoms with Gasteiger partial charge in [0.2, 0.25) is 0 Å². The van der Waals surface area contributed by atoms with Crippen LogP contribution in [0.4, 0.5) is 0 Å². The van der Waals surface area contributed by atoms with E-state index in [0.717, 1.165) is 5.56 Å². The van der Waals surface area contributed by atoms with Crippen LogP contribution in [0.25, 0.3) is 11.3 Å². The van der Waals surface area contributed by atoms with E-state index in [4.69, 9.17) is 4.74 Å². The average Bonchev–Trinajstić information content (AvgIpc) is 2.81. The number of carbonyl (C=O) groups is 1. The normalized spacial score (nSPS) is 10.8. The molecule has 1 heterocycles. The maximum Gasteiger partial charge on any atom is 0.358 e. The van der Waals surface area contributed by atoms with E-state index in [1.54, 1.807) is 23.9 Å². The first-order chi connectivity index (χ1) is 9.52. The number of hydrogen-bond acceptors (Lipinski definition) is 4. The van der Waals surface area contributed by atoms with Gasteiger partial charge in [0.05, 0.1) is 7.11 Å². The van der Waals surface area contributed by atoms with Gasteiger partial charge in [0.15, 0.2) is 5.69 Å². The van der Waals surface area contributed by atoms with Crippen molar-refractivity contribution in [2.45, 2.75) is 20.4 Å². The van der Waals surface area contributed by atoms with E-state index in [-0.39, 0.29) is 5.69 Å². The van der Waals surface area contributed by atoms with Crippen LogP contribution < -0.4 is 4.74 Å². The summed E-state index contributed by atoms with van der Waals surface area (Å²) in [5, 5.41) is 17.0. The van der Waals surface area contributed by atoms with Crippen LogP contribution in [-0.2, 0) is 6.54 Å². The van der Waals surface area contributed by atoms with Gasteiger partial charge in [-0.05, 0) is 18.1 Å². The Bertz CT molecular complexity index is 620. The summed E-state index contributed by atoms with van der Waals surface area (Å²) in [6, 6.07) is 7.22. The third-order valence-electron chi connectivity index (χ3n) is 2.82. The van der Waals surface area contributed by atoms with E-state index in [0.29, 0.717) is 23.9 Å². The first-order valence-corrected chi connectivity index (χ1v) is 6.34. The fraction of sp³-hybridized carbons (Fsp3) is 0.357. The molecule has 2 aromatic rings. The van der Waals surface area contributed by atoms with Gasteiger partial charge >= 0.3 is 5.97 Å². The third kappa shape index (κ3) is 2.79. The van der Waals surface area contributed by atoms with Gasteiger partial charge in [-0.15, -0.1) is 5.10 Å². The smallest absolute Gasteiger partial charge is 0.358 e. The molecule has 0 bridgehead atoms. The summed E-state index contributed by atoms with van der Waals surface area (Å²) in [4.78, 5) is 11.3. The van der Waals surface area contributed by atoms with Crippen LogP contribution in [0.3, 0.4) is 0 Å². The lowest BCUT2D eigenvalue weighted by molar-refractivity contribution is 0.0691. The molecular weight excluding hydrogens is 258 g/mol. The SMILES string of the molecule is COc1cccc(-c2c(C(=O)O)nnn2CC(C)C)c1. The number of hydrogen-bond donors (Lipinski definition) is 1. The molecule has 1 aromatic carbocycles. The molecule has 0 unspecified atom stereocenters. The Morgan fingerprint density at radius 3 is 2.80 bits per heavy atom. The number of carboxylic acid groups (broad SMARTS) is 1. The summed E-state index contributed by atoms with van der Waals surface area (Å²) in [7, 11) is 1.57. The number of nitrogens with zero attached hydrogens (tertiary/aromatic N) is 3. The summed E-state index contributed by atoms with van der Waals surface area (Å²) < 4.78 is 6.80. The Labute approximate surface area is 117 Å². The second kappa shape index (κ2) is 5.73. The van der Waals surface area contributed by atoms with Crippen molar-refractivity contribution in [1.29, 1.82) is 0 Å². The van der Waals surface area contributed by atoms with Gasteiger partial charge in [-0.3, -0.25) is 0 Å². The first-order valence-electron chi connectivity index (χ1n) is 6.34. The van der Waals surface area contributed by atoms with Crippen molar-refractivity contribution in [1.82, 2.24) is 15.0 Å². The van der Waals surface area contributed by atoms with Gasteiger partial charge < -0.3 is 9.84 Å². The van der Waals surface area contributed by atoms with Crippen molar-refractivity contribution >= 4 is 5.97 Å². The van der Waals surface area contributed by atoms with Gasteiger partial charge in [0.1, 0.15) is 11.4 Å². The van der Waals surface area contributed by atoms with Crippen molar-refractivity contribution in [3.05, 3.63) is 30.0 Å². The van der Waals surface area contributed by atoms with Crippen molar-refractivity contribution in [3.63, 3.8) is 0 Å². The quantitative estimate of drug-likeness (QED) is 0.906. The minimum absolute atomic E-state index is 0.0427. The third-order valence-corrected chi connectivity index (χ3v) is 2.82. The molecule has 0 saturated heterocycles. The predicted octanol–water partition coefficient (Wildman–Crippen LogP) is 2.31. The molecule has 20 heavy (non-hydrogen) atoms. The molecular formula is C14H17N3O3. The maximum absolute atomic E-state index is 11.3. The number of carboxylic acids is 1. The Hall–Kier alpha value is -2.37. The van der Waals surface area contributed by atoms with Crippen LogP contribution in [0.1, 0.15) is 24.3 Å². The van der Waals surface area contributed by atoms with Crippen molar-refractivity contribution in [2.24, 2.45) is 5.92 Å². The molecule has 1 N–H and O–H groups in total. The Morgan fingerprint density at radius 2 is 2.20 bits per heavy atom. The number of benzene rings is 1. The molecule has 106 valence electrons. The molecule has 0 fully saturated rings. The standard InChI is InChI=1S/C14H17N3O3/c1-9(2)8-17-13(12(14(18)19)15-16-17)10-5-4-6-11(7-10)20-3/h4-7,9H,8H2,1-3H3,(H,18,19). The summed E-state index contributed by atoms with van der Waals surface area (Å²) >= 11 is 0. The van der Waals surface area contributed by atoms with Crippen LogP contribution in [0.15, 0.2) is 24.3 Å². The minimum atomic E-state index is -1.09. The summed E-state index contributed by atoms with van der Waals surface area (Å²) in [6.45, 7) is 4.68. The lowest BCUT2D eigenvalue weighted by Gasteiger charge is -2.10. The molecule has 6 nitrogen and oxygen atoms in total. The number of aromatic carboxylic acids is 1. The molecule has 0 saturated carbocycles. The van der Waals surface area contributed by atoms with E-state index >= 15 is 0 Å². The molecule has 0 spiro atoms. The molecule has 0 atom stereocenters. The highest BCUT2D eigenvalue weighted by Gasteiger charge is 2.21. The van der Waals surface area contributed by atoms with Gasteiger partial charge in [-0.25, -0.2) is 9.48 Å². The van der Waals surface area contributed by atoms with Gasteiger partial charge in [0, 0.05) is 12.1 Å². The highest BCUT2D eigenvalue weighted by atomic mass is 16.5. The van der Waals surface area contributed by atoms with Gasteiger partial charge in [-0.2, -0.15) is 0 Å². The lowest BCUT2D eigenvalue weighted by Crippen LogP contribution is -2.09. The van der Waals surface area contributed by atoms with Crippen LogP contribution in [0.5, 0.6) is 5.75 Å². The summed E-state index contributed by atoms with van der Waals surface area (Å²) in [5.74, 6) is -0.0864. The van der Waals surface area contributed by atoms with Crippen LogP contribution in [0, 0.1) is 5.92 Å². The molecule has 0 radical (unpaired) electrons. The van der Waals surface area contributed by atoms with Gasteiger partial charge in [-0.1, -0.05) is 31.2 Å². The monoisotopic (exact) mass is 275 g/mol. The van der Waals surface area contributed by atoms with E-state index < -0.39 is 5.97 Å². The van der Waals surface area contributed by atoms with Crippen molar-refractivity contribution in [3.8, 4) is 17.0 Å². The van der Waals surface area contributed by atoms with E-state index in [2.05, 4.69) is 10.3 Å². The zero-order valence-corrected chi connectivity index (χ0v) is 11.7. The second-order valence-corrected chi connectivity index (χ2v) is 4.90. The van der Waals surface area contributed by atoms with E-state index in [1.807, 2.05) is 26.0 Å². The van der Waals surface area contributed by atoms with E-state index in [9.17, 15) is 9.90 Å². The maximum atomic E-state index is 11.3. The fourth-order valence-corrected chi connectivity index (χ4v) is 1.99. The molecule has 0 amide bonds. The zero-order valence-electron chi connectivity index (χ0n) is 11.7. The van der Waals surface area contributed by atoms with Crippen LogP contribution >= 0.6 is 0 Å². The molecule has 2 rings (SSSR count). The topological polar surface area (TPSA) is 77.2 Å². The highest BCUT2D eigenvalue weighted by molar-refractivity contribution is 5.92. The Kier molecular flexibility index (Phi) is 4.02. The second-order valence-electron chi connectivity index (χ2n) is 4.90. The lowest BCUT2D eigenvalue weighted by atomic mass is 10.1. The van der Waals surface area contributed by atoms with Crippen LogP contribution in [0.2, 0.25) is 0 Å². The van der Waals surface area contributed by atoms with Crippen LogP contribution in [-0.4, -0.2) is 33.2 Å². The number of methoxy groups -OCH3 is 1. The number of aromatic nitrogens is 3. The molecule has 6 heteroatoms. The molecule has 1 aromatic heterocycles. The molecule has 0 aliphatic heterocycles. The number of rotatable bonds is 5. The number of ether oxygens (including phenoxy) is 1. The van der Waals surface area contributed by atoms with Gasteiger partial charge in [0.25, 0.3) is 0 Å². The molecule has 0 aliphatic rings. The van der Waals surface area contributed by atoms with E-state index in [1.165, 1.54) is 0 Å². The minimum Gasteiger partial charge on any atom is -0.497 e. The Balaban J connectivity index is 2.56. The average molecular weight is 275 g/mol. The summed E-state index contributed by atoms with van der Waals surface area (Å²) in [6.07, 6.45) is 0. The predicted molar refractivity (Wildman–Crippen MR) is 73.8 cm³/mol. The largest absolute Gasteiger partial charge is 0.497 e. The Morgan fingerprint density at radius 1 is 1.45 bits per heavy atom. The fourth-order valence-electron chi connectivity index (χ4n) is 1.99. The van der Waals surface area contributed by atoms with Crippen molar-refractivity contribution < 1.29 is 14.6 Å². The first kappa shape index (κ1) is 14.0. The molecule has 0 aliphatic carbocycles. The highest BCUT2D eigenvalue weighted by Crippen LogP contribution is 2.26. The summed E-state index contributed by atoms with van der Waals surface area (Å²) in [5.41, 5.74) is 1.19.